The quantitative estimate of drug-likeness (QED) is 0.820. The molecule has 0 heterocycles. The van der Waals surface area contributed by atoms with Crippen molar-refractivity contribution < 1.29 is 4.39 Å². The van der Waals surface area contributed by atoms with E-state index in [2.05, 4.69) is 21.2 Å². The van der Waals surface area contributed by atoms with E-state index in [4.69, 9.17) is 11.6 Å². The highest BCUT2D eigenvalue weighted by Crippen LogP contribution is 2.25. The van der Waals surface area contributed by atoms with Gasteiger partial charge in [-0.15, -0.1) is 0 Å². The highest BCUT2D eigenvalue weighted by atomic mass is 79.9. The Kier molecular flexibility index (Phi) is 4.25. The molecule has 0 fully saturated rings. The van der Waals surface area contributed by atoms with Crippen LogP contribution in [0.2, 0.25) is 5.02 Å². The minimum atomic E-state index is -0.245. The predicted octanol–water partition coefficient (Wildman–Crippen LogP) is 5.16. The Morgan fingerprint density at radius 3 is 2.78 bits per heavy atom. The van der Waals surface area contributed by atoms with E-state index in [-0.39, 0.29) is 5.82 Å². The number of nitrogens with one attached hydrogen (secondary N) is 1. The molecular formula is C14H12BrClFN. The molecule has 18 heavy (non-hydrogen) atoms. The maximum Gasteiger partial charge on any atom is 0.123 e. The van der Waals surface area contributed by atoms with Crippen molar-refractivity contribution in [1.82, 2.24) is 0 Å². The second-order valence-corrected chi connectivity index (χ2v) is 5.33. The van der Waals surface area contributed by atoms with Crippen molar-refractivity contribution in [3.05, 3.63) is 62.8 Å². The van der Waals surface area contributed by atoms with Gasteiger partial charge in [-0.1, -0.05) is 33.6 Å². The standard InChI is InChI=1S/C14H12BrClFN/c1-9-2-5-13(16)14(6-9)18-8-10-7-11(17)3-4-12(10)15/h2-7,18H,8H2,1H3. The summed E-state index contributed by atoms with van der Waals surface area (Å²) in [6, 6.07) is 10.4. The summed E-state index contributed by atoms with van der Waals surface area (Å²) < 4.78 is 14.0. The lowest BCUT2D eigenvalue weighted by molar-refractivity contribution is 0.625. The number of aryl methyl sites for hydroxylation is 1. The highest BCUT2D eigenvalue weighted by molar-refractivity contribution is 9.10. The van der Waals surface area contributed by atoms with Crippen LogP contribution in [0, 0.1) is 12.7 Å². The second-order valence-electron chi connectivity index (χ2n) is 4.07. The summed E-state index contributed by atoms with van der Waals surface area (Å²) in [5.41, 5.74) is 2.83. The number of rotatable bonds is 3. The van der Waals surface area contributed by atoms with Gasteiger partial charge < -0.3 is 5.32 Å². The zero-order chi connectivity index (χ0) is 13.1. The first kappa shape index (κ1) is 13.4. The Morgan fingerprint density at radius 2 is 2.00 bits per heavy atom. The summed E-state index contributed by atoms with van der Waals surface area (Å²) >= 11 is 9.48. The van der Waals surface area contributed by atoms with Crippen LogP contribution in [0.5, 0.6) is 0 Å². The molecule has 0 saturated carbocycles. The molecule has 4 heteroatoms. The van der Waals surface area contributed by atoms with Gasteiger partial charge >= 0.3 is 0 Å². The van der Waals surface area contributed by atoms with Gasteiger partial charge in [-0.25, -0.2) is 4.39 Å². The fourth-order valence-corrected chi connectivity index (χ4v) is 2.21. The molecule has 0 unspecified atom stereocenters. The monoisotopic (exact) mass is 327 g/mol. The van der Waals surface area contributed by atoms with E-state index in [9.17, 15) is 4.39 Å². The molecule has 0 saturated heterocycles. The third kappa shape index (κ3) is 3.24. The molecule has 0 bridgehead atoms. The summed E-state index contributed by atoms with van der Waals surface area (Å²) in [6.45, 7) is 2.52. The zero-order valence-electron chi connectivity index (χ0n) is 9.81. The van der Waals surface area contributed by atoms with E-state index in [0.29, 0.717) is 11.6 Å². The number of anilines is 1. The van der Waals surface area contributed by atoms with E-state index in [1.165, 1.54) is 12.1 Å². The van der Waals surface area contributed by atoms with Crippen LogP contribution < -0.4 is 5.32 Å². The maximum absolute atomic E-state index is 13.1. The number of hydrogen-bond acceptors (Lipinski definition) is 1. The van der Waals surface area contributed by atoms with Crippen molar-refractivity contribution in [1.29, 1.82) is 0 Å². The first-order valence-electron chi connectivity index (χ1n) is 5.50. The smallest absolute Gasteiger partial charge is 0.123 e. The third-order valence-corrected chi connectivity index (χ3v) is 3.70. The summed E-state index contributed by atoms with van der Waals surface area (Å²) in [7, 11) is 0. The van der Waals surface area contributed by atoms with Gasteiger partial charge in [-0.3, -0.25) is 0 Å². The van der Waals surface area contributed by atoms with Gasteiger partial charge in [0.05, 0.1) is 10.7 Å². The molecule has 0 aliphatic carbocycles. The first-order valence-corrected chi connectivity index (χ1v) is 6.67. The summed E-state index contributed by atoms with van der Waals surface area (Å²) in [4.78, 5) is 0. The second kappa shape index (κ2) is 5.72. The molecule has 2 aromatic carbocycles. The van der Waals surface area contributed by atoms with E-state index in [0.717, 1.165) is 21.3 Å². The van der Waals surface area contributed by atoms with E-state index in [1.807, 2.05) is 25.1 Å². The molecule has 1 N–H and O–H groups in total. The molecule has 0 aliphatic heterocycles. The van der Waals surface area contributed by atoms with E-state index < -0.39 is 0 Å². The number of benzene rings is 2. The predicted molar refractivity (Wildman–Crippen MR) is 77.6 cm³/mol. The molecule has 0 spiro atoms. The molecule has 1 nitrogen and oxygen atoms in total. The third-order valence-electron chi connectivity index (χ3n) is 2.60. The summed E-state index contributed by atoms with van der Waals surface area (Å²) in [5.74, 6) is -0.245. The van der Waals surface area contributed by atoms with Crippen LogP contribution >= 0.6 is 27.5 Å². The molecule has 0 radical (unpaired) electrons. The lowest BCUT2D eigenvalue weighted by atomic mass is 10.2. The van der Waals surface area contributed by atoms with Crippen LogP contribution in [0.25, 0.3) is 0 Å². The molecule has 0 aromatic heterocycles. The molecule has 0 amide bonds. The van der Waals surface area contributed by atoms with Gasteiger partial charge in [-0.2, -0.15) is 0 Å². The fraction of sp³-hybridized carbons (Fsp3) is 0.143. The molecule has 2 aromatic rings. The van der Waals surface area contributed by atoms with Gasteiger partial charge in [0.15, 0.2) is 0 Å². The molecule has 94 valence electrons. The highest BCUT2D eigenvalue weighted by Gasteiger charge is 2.04. The Labute approximate surface area is 119 Å². The van der Waals surface area contributed by atoms with E-state index in [1.54, 1.807) is 6.07 Å². The van der Waals surface area contributed by atoms with Crippen molar-refractivity contribution >= 4 is 33.2 Å². The van der Waals surface area contributed by atoms with Gasteiger partial charge in [0.25, 0.3) is 0 Å². The lowest BCUT2D eigenvalue weighted by Crippen LogP contribution is -2.01. The van der Waals surface area contributed by atoms with Gasteiger partial charge in [0.1, 0.15) is 5.82 Å². The maximum atomic E-state index is 13.1. The average molecular weight is 329 g/mol. The normalized spacial score (nSPS) is 10.4. The molecular weight excluding hydrogens is 317 g/mol. The lowest BCUT2D eigenvalue weighted by Gasteiger charge is -2.10. The first-order chi connectivity index (χ1) is 8.56. The Bertz CT molecular complexity index is 520. The molecule has 0 aliphatic rings. The van der Waals surface area contributed by atoms with Gasteiger partial charge in [-0.05, 0) is 48.4 Å². The topological polar surface area (TPSA) is 12.0 Å². The Hall–Kier alpha value is -1.06. The van der Waals surface area contributed by atoms with Crippen LogP contribution in [0.15, 0.2) is 40.9 Å². The van der Waals surface area contributed by atoms with Crippen molar-refractivity contribution in [3.8, 4) is 0 Å². The van der Waals surface area contributed by atoms with Crippen molar-refractivity contribution in [2.75, 3.05) is 5.32 Å². The SMILES string of the molecule is Cc1ccc(Cl)c(NCc2cc(F)ccc2Br)c1. The van der Waals surface area contributed by atoms with Crippen molar-refractivity contribution in [3.63, 3.8) is 0 Å². The fourth-order valence-electron chi connectivity index (χ4n) is 1.64. The number of halogens is 3. The van der Waals surface area contributed by atoms with Crippen LogP contribution in [-0.2, 0) is 6.54 Å². The van der Waals surface area contributed by atoms with Crippen LogP contribution in [0.1, 0.15) is 11.1 Å². The van der Waals surface area contributed by atoms with Crippen LogP contribution in [-0.4, -0.2) is 0 Å². The number of hydrogen-bond donors (Lipinski definition) is 1. The minimum absolute atomic E-state index is 0.245. The van der Waals surface area contributed by atoms with Crippen LogP contribution in [0.3, 0.4) is 0 Å². The van der Waals surface area contributed by atoms with Gasteiger partial charge in [0.2, 0.25) is 0 Å². The Morgan fingerprint density at radius 1 is 1.22 bits per heavy atom. The summed E-state index contributed by atoms with van der Waals surface area (Å²) in [6.07, 6.45) is 0. The zero-order valence-corrected chi connectivity index (χ0v) is 12.1. The molecule has 2 rings (SSSR count). The Balaban J connectivity index is 2.16. The average Bonchev–Trinajstić information content (AvgIpc) is 2.34. The largest absolute Gasteiger partial charge is 0.380 e. The van der Waals surface area contributed by atoms with Gasteiger partial charge in [0, 0.05) is 11.0 Å². The van der Waals surface area contributed by atoms with E-state index >= 15 is 0 Å². The van der Waals surface area contributed by atoms with Crippen molar-refractivity contribution in [2.45, 2.75) is 13.5 Å². The minimum Gasteiger partial charge on any atom is -0.380 e. The van der Waals surface area contributed by atoms with Crippen molar-refractivity contribution in [2.24, 2.45) is 0 Å². The summed E-state index contributed by atoms with van der Waals surface area (Å²) in [5, 5.41) is 3.87. The van der Waals surface area contributed by atoms with Crippen LogP contribution in [0.4, 0.5) is 10.1 Å². The molecule has 0 atom stereocenters.